The van der Waals surface area contributed by atoms with Gasteiger partial charge in [0.25, 0.3) is 0 Å². The van der Waals surface area contributed by atoms with Crippen LogP contribution in [0.5, 0.6) is 0 Å². The fourth-order valence-corrected chi connectivity index (χ4v) is 4.07. The second kappa shape index (κ2) is 10.0. The van der Waals surface area contributed by atoms with Gasteiger partial charge in [0.05, 0.1) is 0 Å². The molecule has 0 N–H and O–H groups in total. The summed E-state index contributed by atoms with van der Waals surface area (Å²) < 4.78 is 0. The zero-order chi connectivity index (χ0) is 17.4. The summed E-state index contributed by atoms with van der Waals surface area (Å²) in [7, 11) is 0. The average molecular weight is 334 g/mol. The highest BCUT2D eigenvalue weighted by Crippen LogP contribution is 2.26. The lowest BCUT2D eigenvalue weighted by Gasteiger charge is -2.27. The molecule has 0 aromatic heterocycles. The molecular weight excluding hydrogens is 298 g/mol. The molecule has 0 amide bonds. The Morgan fingerprint density at radius 2 is 1.46 bits per heavy atom. The third-order valence-electron chi connectivity index (χ3n) is 5.78. The van der Waals surface area contributed by atoms with Gasteiger partial charge in [0.1, 0.15) is 5.78 Å². The van der Waals surface area contributed by atoms with E-state index in [1.165, 1.54) is 38.5 Å². The van der Waals surface area contributed by atoms with E-state index in [9.17, 15) is 9.59 Å². The molecule has 0 aliphatic heterocycles. The van der Waals surface area contributed by atoms with Crippen LogP contribution in [0.25, 0.3) is 0 Å². The van der Waals surface area contributed by atoms with Gasteiger partial charge >= 0.3 is 0 Å². The van der Waals surface area contributed by atoms with Crippen LogP contribution in [0.1, 0.15) is 84.5 Å². The molecule has 0 bridgehead atoms. The molecule has 0 aromatic rings. The zero-order valence-electron chi connectivity index (χ0n) is 15.6. The van der Waals surface area contributed by atoms with Crippen LogP contribution < -0.4 is 0 Å². The predicted octanol–water partition coefficient (Wildman–Crippen LogP) is 4.90. The van der Waals surface area contributed by atoms with Crippen LogP contribution >= 0.6 is 0 Å². The van der Waals surface area contributed by atoms with Crippen molar-refractivity contribution in [3.05, 3.63) is 12.3 Å². The highest BCUT2D eigenvalue weighted by Gasteiger charge is 2.22. The summed E-state index contributed by atoms with van der Waals surface area (Å²) in [5.41, 5.74) is 0. The van der Waals surface area contributed by atoms with Crippen molar-refractivity contribution in [1.82, 2.24) is 4.90 Å². The van der Waals surface area contributed by atoms with Gasteiger partial charge < -0.3 is 4.90 Å². The number of Topliss-reactive ketones (excluding diaryl/α,β-unsaturated/α-hetero) is 1. The molecule has 2 rings (SSSR count). The standard InChI is InChI=1S/C21H35NO2/c1-17(2)22(15-13-20(23)18-9-5-3-6-10-18)16-14-21(24)19-11-7-4-8-12-19/h13,15,17-19H,3-12,14,16H2,1-2H3/b15-13+. The van der Waals surface area contributed by atoms with Gasteiger partial charge in [-0.25, -0.2) is 0 Å². The first-order chi connectivity index (χ1) is 11.6. The molecular formula is C21H35NO2. The van der Waals surface area contributed by atoms with Gasteiger partial charge in [-0.05, 0) is 45.6 Å². The first-order valence-corrected chi connectivity index (χ1v) is 10.1. The molecule has 136 valence electrons. The lowest BCUT2D eigenvalue weighted by atomic mass is 9.85. The van der Waals surface area contributed by atoms with Crippen LogP contribution in [-0.2, 0) is 9.59 Å². The van der Waals surface area contributed by atoms with E-state index in [1.807, 2.05) is 6.20 Å². The zero-order valence-corrected chi connectivity index (χ0v) is 15.6. The molecule has 0 unspecified atom stereocenters. The molecule has 24 heavy (non-hydrogen) atoms. The van der Waals surface area contributed by atoms with E-state index >= 15 is 0 Å². The Kier molecular flexibility index (Phi) is 8.01. The maximum atomic E-state index is 12.4. The molecule has 2 aliphatic carbocycles. The van der Waals surface area contributed by atoms with Crippen LogP contribution in [0.15, 0.2) is 12.3 Å². The second-order valence-corrected chi connectivity index (χ2v) is 7.94. The molecule has 0 atom stereocenters. The van der Waals surface area contributed by atoms with E-state index in [2.05, 4.69) is 18.7 Å². The summed E-state index contributed by atoms with van der Waals surface area (Å²) in [5.74, 6) is 1.22. The van der Waals surface area contributed by atoms with E-state index < -0.39 is 0 Å². The minimum atomic E-state index is 0.230. The largest absolute Gasteiger partial charge is 0.374 e. The van der Waals surface area contributed by atoms with Crippen molar-refractivity contribution in [2.75, 3.05) is 6.54 Å². The Morgan fingerprint density at radius 3 is 2.00 bits per heavy atom. The van der Waals surface area contributed by atoms with Gasteiger partial charge in [-0.3, -0.25) is 9.59 Å². The van der Waals surface area contributed by atoms with E-state index in [-0.39, 0.29) is 11.7 Å². The van der Waals surface area contributed by atoms with Crippen molar-refractivity contribution in [2.45, 2.75) is 90.5 Å². The second-order valence-electron chi connectivity index (χ2n) is 7.94. The minimum Gasteiger partial charge on any atom is -0.374 e. The third kappa shape index (κ3) is 6.07. The monoisotopic (exact) mass is 333 g/mol. The van der Waals surface area contributed by atoms with E-state index in [0.29, 0.717) is 24.2 Å². The van der Waals surface area contributed by atoms with E-state index in [1.54, 1.807) is 6.08 Å². The Hall–Kier alpha value is -1.12. The summed E-state index contributed by atoms with van der Waals surface area (Å²) in [5, 5.41) is 0. The Bertz CT molecular complexity index is 429. The number of rotatable bonds is 8. The molecule has 2 aliphatic rings. The molecule has 0 saturated heterocycles. The molecule has 2 fully saturated rings. The molecule has 3 nitrogen and oxygen atoms in total. The van der Waals surface area contributed by atoms with Crippen LogP contribution in [0.3, 0.4) is 0 Å². The van der Waals surface area contributed by atoms with Gasteiger partial charge in [-0.1, -0.05) is 38.5 Å². The van der Waals surface area contributed by atoms with Gasteiger partial charge in [-0.15, -0.1) is 0 Å². The highest BCUT2D eigenvalue weighted by molar-refractivity contribution is 5.91. The Morgan fingerprint density at radius 1 is 0.917 bits per heavy atom. The lowest BCUT2D eigenvalue weighted by molar-refractivity contribution is -0.124. The SMILES string of the molecule is CC(C)N(/C=C/C(=O)C1CCCCC1)CCC(=O)C1CCCCC1. The smallest absolute Gasteiger partial charge is 0.160 e. The summed E-state index contributed by atoms with van der Waals surface area (Å²) in [4.78, 5) is 26.9. The van der Waals surface area contributed by atoms with Crippen LogP contribution in [0, 0.1) is 11.8 Å². The van der Waals surface area contributed by atoms with Crippen molar-refractivity contribution >= 4 is 11.6 Å². The van der Waals surface area contributed by atoms with Crippen LogP contribution in [-0.4, -0.2) is 29.1 Å². The van der Waals surface area contributed by atoms with Crippen molar-refractivity contribution in [1.29, 1.82) is 0 Å². The predicted molar refractivity (Wildman–Crippen MR) is 98.8 cm³/mol. The normalized spacial score (nSPS) is 20.6. The van der Waals surface area contributed by atoms with Crippen LogP contribution in [0.2, 0.25) is 0 Å². The number of nitrogens with zero attached hydrogens (tertiary/aromatic N) is 1. The van der Waals surface area contributed by atoms with Crippen molar-refractivity contribution in [3.63, 3.8) is 0 Å². The summed E-state index contributed by atoms with van der Waals surface area (Å²) in [6.07, 6.45) is 15.9. The van der Waals surface area contributed by atoms with E-state index in [4.69, 9.17) is 0 Å². The number of hydrogen-bond donors (Lipinski definition) is 0. The number of carbonyl (C=O) groups excluding carboxylic acids is 2. The van der Waals surface area contributed by atoms with E-state index in [0.717, 1.165) is 32.2 Å². The molecule has 2 saturated carbocycles. The lowest BCUT2D eigenvalue weighted by Crippen LogP contribution is -2.30. The quantitative estimate of drug-likeness (QED) is 0.593. The highest BCUT2D eigenvalue weighted by atomic mass is 16.1. The minimum absolute atomic E-state index is 0.230. The van der Waals surface area contributed by atoms with Crippen molar-refractivity contribution in [2.24, 2.45) is 11.8 Å². The number of allylic oxidation sites excluding steroid dienone is 1. The fraction of sp³-hybridized carbons (Fsp3) is 0.810. The number of ketones is 2. The van der Waals surface area contributed by atoms with Crippen LogP contribution in [0.4, 0.5) is 0 Å². The maximum Gasteiger partial charge on any atom is 0.160 e. The van der Waals surface area contributed by atoms with Gasteiger partial charge in [0, 0.05) is 37.0 Å². The van der Waals surface area contributed by atoms with Crippen molar-refractivity contribution < 1.29 is 9.59 Å². The summed E-state index contributed by atoms with van der Waals surface area (Å²) >= 11 is 0. The average Bonchev–Trinajstić information content (AvgIpc) is 2.62. The summed E-state index contributed by atoms with van der Waals surface area (Å²) in [6.45, 7) is 4.99. The molecule has 0 aromatic carbocycles. The van der Waals surface area contributed by atoms with Gasteiger partial charge in [0.15, 0.2) is 5.78 Å². The van der Waals surface area contributed by atoms with Gasteiger partial charge in [-0.2, -0.15) is 0 Å². The third-order valence-corrected chi connectivity index (χ3v) is 5.78. The Balaban J connectivity index is 1.81. The first kappa shape index (κ1) is 19.2. The maximum absolute atomic E-state index is 12.4. The number of hydrogen-bond acceptors (Lipinski definition) is 3. The van der Waals surface area contributed by atoms with Crippen molar-refractivity contribution in [3.8, 4) is 0 Å². The molecule has 0 spiro atoms. The fourth-order valence-electron chi connectivity index (χ4n) is 4.07. The summed E-state index contributed by atoms with van der Waals surface area (Å²) in [6, 6.07) is 0.319. The van der Waals surface area contributed by atoms with Gasteiger partial charge in [0.2, 0.25) is 0 Å². The first-order valence-electron chi connectivity index (χ1n) is 10.1. The molecule has 3 heteroatoms. The molecule has 0 heterocycles. The topological polar surface area (TPSA) is 37.4 Å². The number of carbonyl (C=O) groups is 2. The molecule has 0 radical (unpaired) electrons. The Labute approximate surface area is 147 Å².